The van der Waals surface area contributed by atoms with Gasteiger partial charge in [-0.1, -0.05) is 5.16 Å². The van der Waals surface area contributed by atoms with Gasteiger partial charge in [-0.3, -0.25) is 9.78 Å². The van der Waals surface area contributed by atoms with Crippen LogP contribution in [0.5, 0.6) is 0 Å². The highest BCUT2D eigenvalue weighted by Gasteiger charge is 2.12. The summed E-state index contributed by atoms with van der Waals surface area (Å²) in [5.74, 6) is 0.618. The predicted molar refractivity (Wildman–Crippen MR) is 87.3 cm³/mol. The second kappa shape index (κ2) is 6.99. The maximum atomic E-state index is 12.0. The minimum Gasteiger partial charge on any atom is -0.351 e. The molecule has 0 radical (unpaired) electrons. The lowest BCUT2D eigenvalue weighted by molar-refractivity contribution is 0.0917. The first-order valence-corrected chi connectivity index (χ1v) is 7.58. The van der Waals surface area contributed by atoms with Gasteiger partial charge in [-0.2, -0.15) is 0 Å². The van der Waals surface area contributed by atoms with E-state index >= 15 is 0 Å². The van der Waals surface area contributed by atoms with Gasteiger partial charge < -0.3 is 9.84 Å². The summed E-state index contributed by atoms with van der Waals surface area (Å²) in [6.07, 6.45) is 5.84. The van der Waals surface area contributed by atoms with Crippen molar-refractivity contribution in [1.82, 2.24) is 25.4 Å². The normalized spacial score (nSPS) is 10.6. The third-order valence-electron chi connectivity index (χ3n) is 3.48. The fraction of sp³-hybridized carbons (Fsp3) is 0.235. The number of hydrogen-bond acceptors (Lipinski definition) is 6. The van der Waals surface area contributed by atoms with Gasteiger partial charge in [0.1, 0.15) is 5.82 Å². The monoisotopic (exact) mass is 323 g/mol. The molecule has 0 aliphatic heterocycles. The Morgan fingerprint density at radius 2 is 2.04 bits per heavy atom. The first-order chi connectivity index (χ1) is 11.6. The molecule has 3 rings (SSSR count). The van der Waals surface area contributed by atoms with Crippen molar-refractivity contribution >= 4 is 5.91 Å². The van der Waals surface area contributed by atoms with Gasteiger partial charge in [0.25, 0.3) is 5.91 Å². The van der Waals surface area contributed by atoms with Crippen molar-refractivity contribution in [2.45, 2.75) is 20.3 Å². The smallest absolute Gasteiger partial charge is 0.289 e. The molecular weight excluding hydrogens is 306 g/mol. The molecule has 3 aromatic heterocycles. The average molecular weight is 323 g/mol. The molecule has 24 heavy (non-hydrogen) atoms. The average Bonchev–Trinajstić information content (AvgIpc) is 3.02. The van der Waals surface area contributed by atoms with E-state index in [0.717, 1.165) is 16.8 Å². The van der Waals surface area contributed by atoms with E-state index in [1.54, 1.807) is 31.6 Å². The first-order valence-electron chi connectivity index (χ1n) is 7.58. The summed E-state index contributed by atoms with van der Waals surface area (Å²) in [4.78, 5) is 24.8. The van der Waals surface area contributed by atoms with Crippen LogP contribution in [-0.4, -0.2) is 32.6 Å². The molecule has 3 aromatic rings. The van der Waals surface area contributed by atoms with Crippen molar-refractivity contribution in [2.24, 2.45) is 0 Å². The van der Waals surface area contributed by atoms with Gasteiger partial charge >= 0.3 is 0 Å². The molecule has 3 heterocycles. The molecule has 0 spiro atoms. The van der Waals surface area contributed by atoms with Crippen LogP contribution in [0, 0.1) is 13.8 Å². The standard InChI is InChI=1S/C17H17N5O2/c1-11-9-16(24-22-11)17(23)19-8-5-15-14(10-20-12(2)21-15)13-3-6-18-7-4-13/h3-4,6-7,9-10H,5,8H2,1-2H3,(H,19,23). The number of aromatic nitrogens is 4. The Bertz CT molecular complexity index is 845. The highest BCUT2D eigenvalue weighted by molar-refractivity contribution is 5.91. The first kappa shape index (κ1) is 15.8. The molecule has 0 fully saturated rings. The van der Waals surface area contributed by atoms with Crippen molar-refractivity contribution in [2.75, 3.05) is 6.54 Å². The third kappa shape index (κ3) is 3.62. The van der Waals surface area contributed by atoms with E-state index in [-0.39, 0.29) is 11.7 Å². The summed E-state index contributed by atoms with van der Waals surface area (Å²) in [5, 5.41) is 6.52. The quantitative estimate of drug-likeness (QED) is 0.773. The molecule has 122 valence electrons. The second-order valence-corrected chi connectivity index (χ2v) is 5.35. The maximum Gasteiger partial charge on any atom is 0.289 e. The van der Waals surface area contributed by atoms with Crippen LogP contribution in [0.1, 0.15) is 27.8 Å². The van der Waals surface area contributed by atoms with Crippen LogP contribution in [0.2, 0.25) is 0 Å². The summed E-state index contributed by atoms with van der Waals surface area (Å²) in [6, 6.07) is 5.42. The number of pyridine rings is 1. The van der Waals surface area contributed by atoms with Crippen LogP contribution >= 0.6 is 0 Å². The molecule has 0 aliphatic carbocycles. The number of nitrogens with one attached hydrogen (secondary N) is 1. The summed E-state index contributed by atoms with van der Waals surface area (Å²) in [7, 11) is 0. The van der Waals surface area contributed by atoms with Crippen molar-refractivity contribution in [3.63, 3.8) is 0 Å². The molecule has 0 atom stereocenters. The highest BCUT2D eigenvalue weighted by Crippen LogP contribution is 2.21. The summed E-state index contributed by atoms with van der Waals surface area (Å²) in [5.41, 5.74) is 3.49. The zero-order valence-electron chi connectivity index (χ0n) is 13.5. The van der Waals surface area contributed by atoms with Crippen LogP contribution < -0.4 is 5.32 Å². The van der Waals surface area contributed by atoms with Gasteiger partial charge in [0.05, 0.1) is 11.4 Å². The van der Waals surface area contributed by atoms with Crippen LogP contribution in [-0.2, 0) is 6.42 Å². The number of carbonyl (C=O) groups excluding carboxylic acids is 1. The molecule has 1 amide bonds. The number of hydrogen-bond donors (Lipinski definition) is 1. The van der Waals surface area contributed by atoms with Crippen LogP contribution in [0.3, 0.4) is 0 Å². The van der Waals surface area contributed by atoms with Crippen molar-refractivity contribution in [3.05, 3.63) is 59.8 Å². The van der Waals surface area contributed by atoms with Gasteiger partial charge in [-0.25, -0.2) is 9.97 Å². The van der Waals surface area contributed by atoms with E-state index in [9.17, 15) is 4.79 Å². The molecule has 7 nitrogen and oxygen atoms in total. The highest BCUT2D eigenvalue weighted by atomic mass is 16.5. The number of nitrogens with zero attached hydrogens (tertiary/aromatic N) is 4. The fourth-order valence-corrected chi connectivity index (χ4v) is 2.33. The van der Waals surface area contributed by atoms with Crippen molar-refractivity contribution < 1.29 is 9.32 Å². The fourth-order valence-electron chi connectivity index (χ4n) is 2.33. The Morgan fingerprint density at radius 1 is 1.25 bits per heavy atom. The SMILES string of the molecule is Cc1cc(C(=O)NCCc2nc(C)ncc2-c2ccncc2)on1. The molecule has 0 aliphatic rings. The third-order valence-corrected chi connectivity index (χ3v) is 3.48. The molecule has 0 bridgehead atoms. The zero-order chi connectivity index (χ0) is 16.9. The van der Waals surface area contributed by atoms with Crippen LogP contribution in [0.4, 0.5) is 0 Å². The maximum absolute atomic E-state index is 12.0. The molecule has 0 saturated heterocycles. The summed E-state index contributed by atoms with van der Waals surface area (Å²) in [6.45, 7) is 4.05. The Hall–Kier alpha value is -3.09. The Kier molecular flexibility index (Phi) is 4.60. The van der Waals surface area contributed by atoms with E-state index in [4.69, 9.17) is 4.52 Å². The summed E-state index contributed by atoms with van der Waals surface area (Å²) < 4.78 is 4.95. The zero-order valence-corrected chi connectivity index (χ0v) is 13.5. The lowest BCUT2D eigenvalue weighted by atomic mass is 10.1. The molecule has 0 unspecified atom stereocenters. The predicted octanol–water partition coefficient (Wildman–Crippen LogP) is 2.12. The minimum atomic E-state index is -0.285. The number of amides is 1. The topological polar surface area (TPSA) is 93.8 Å². The van der Waals surface area contributed by atoms with Crippen LogP contribution in [0.15, 0.2) is 41.3 Å². The van der Waals surface area contributed by atoms with Crippen molar-refractivity contribution in [1.29, 1.82) is 0 Å². The van der Waals surface area contributed by atoms with E-state index in [1.165, 1.54) is 0 Å². The molecule has 7 heteroatoms. The number of rotatable bonds is 5. The number of carbonyl (C=O) groups is 1. The number of aryl methyl sites for hydroxylation is 2. The Balaban J connectivity index is 1.71. The molecular formula is C17H17N5O2. The van der Waals surface area contributed by atoms with Gasteiger partial charge in [-0.15, -0.1) is 0 Å². The molecule has 0 aromatic carbocycles. The Morgan fingerprint density at radius 3 is 2.75 bits per heavy atom. The molecule has 1 N–H and O–H groups in total. The van der Waals surface area contributed by atoms with Gasteiger partial charge in [0, 0.05) is 43.2 Å². The van der Waals surface area contributed by atoms with Crippen LogP contribution in [0.25, 0.3) is 11.1 Å². The van der Waals surface area contributed by atoms with E-state index < -0.39 is 0 Å². The minimum absolute atomic E-state index is 0.209. The van der Waals surface area contributed by atoms with E-state index in [1.807, 2.05) is 19.1 Å². The van der Waals surface area contributed by atoms with E-state index in [2.05, 4.69) is 25.4 Å². The molecule has 0 saturated carbocycles. The van der Waals surface area contributed by atoms with E-state index in [0.29, 0.717) is 24.5 Å². The lowest BCUT2D eigenvalue weighted by Gasteiger charge is -2.09. The second-order valence-electron chi connectivity index (χ2n) is 5.35. The van der Waals surface area contributed by atoms with Crippen molar-refractivity contribution in [3.8, 4) is 11.1 Å². The lowest BCUT2D eigenvalue weighted by Crippen LogP contribution is -2.25. The Labute approximate surface area is 139 Å². The largest absolute Gasteiger partial charge is 0.351 e. The van der Waals surface area contributed by atoms with Gasteiger partial charge in [0.2, 0.25) is 5.76 Å². The summed E-state index contributed by atoms with van der Waals surface area (Å²) >= 11 is 0. The van der Waals surface area contributed by atoms with Gasteiger partial charge in [-0.05, 0) is 31.5 Å². The van der Waals surface area contributed by atoms with Gasteiger partial charge in [0.15, 0.2) is 0 Å².